The Morgan fingerprint density at radius 1 is 1.14 bits per heavy atom. The summed E-state index contributed by atoms with van der Waals surface area (Å²) in [5.41, 5.74) is 0.319. The molecule has 0 spiro atoms. The van der Waals surface area contributed by atoms with Gasteiger partial charge in [-0.2, -0.15) is 0 Å². The lowest BCUT2D eigenvalue weighted by Gasteiger charge is -2.13. The van der Waals surface area contributed by atoms with Crippen molar-refractivity contribution in [3.63, 3.8) is 0 Å². The van der Waals surface area contributed by atoms with Crippen LogP contribution in [0.25, 0.3) is 0 Å². The molecule has 0 aliphatic rings. The largest absolute Gasteiger partial charge is 0.496 e. The van der Waals surface area contributed by atoms with Crippen LogP contribution in [-0.4, -0.2) is 44.5 Å². The predicted molar refractivity (Wildman–Crippen MR) is 80.2 cm³/mol. The molecule has 0 radical (unpaired) electrons. The van der Waals surface area contributed by atoms with Gasteiger partial charge in [0.1, 0.15) is 22.4 Å². The van der Waals surface area contributed by atoms with Crippen molar-refractivity contribution >= 4 is 23.4 Å². The number of hydrogen-bond acceptors (Lipinski definition) is 4. The van der Waals surface area contributed by atoms with E-state index in [1.54, 1.807) is 25.1 Å². The number of benzene rings is 1. The van der Waals surface area contributed by atoms with Crippen LogP contribution in [0, 0.1) is 0 Å². The van der Waals surface area contributed by atoms with Crippen molar-refractivity contribution in [1.82, 2.24) is 10.6 Å². The van der Waals surface area contributed by atoms with Gasteiger partial charge < -0.3 is 20.1 Å². The van der Waals surface area contributed by atoms with Crippen molar-refractivity contribution in [2.75, 3.05) is 27.3 Å². The summed E-state index contributed by atoms with van der Waals surface area (Å²) in [6.07, 6.45) is 0. The standard InChI is InChI=1S/C14H19ClN2O4/c1-9(15)13(18)16-7-8-17-14(19)12-10(20-2)5-4-6-11(12)21-3/h4-6,9H,7-8H2,1-3H3,(H,16,18)(H,17,19). The fraction of sp³-hybridized carbons (Fsp3) is 0.429. The number of carbonyl (C=O) groups excluding carboxylic acids is 2. The van der Waals surface area contributed by atoms with Gasteiger partial charge >= 0.3 is 0 Å². The summed E-state index contributed by atoms with van der Waals surface area (Å²) in [4.78, 5) is 23.4. The Bertz CT molecular complexity index is 483. The molecule has 1 aromatic carbocycles. The summed E-state index contributed by atoms with van der Waals surface area (Å²) in [5, 5.41) is 4.68. The third kappa shape index (κ3) is 4.82. The summed E-state index contributed by atoms with van der Waals surface area (Å²) in [7, 11) is 2.96. The minimum Gasteiger partial charge on any atom is -0.496 e. The second-order valence-corrected chi connectivity index (χ2v) is 4.86. The van der Waals surface area contributed by atoms with E-state index in [1.807, 2.05) is 0 Å². The third-order valence-corrected chi connectivity index (χ3v) is 2.92. The van der Waals surface area contributed by atoms with Crippen LogP contribution in [0.15, 0.2) is 18.2 Å². The Balaban J connectivity index is 2.62. The molecule has 0 aliphatic heterocycles. The van der Waals surface area contributed by atoms with Gasteiger partial charge in [0.25, 0.3) is 5.91 Å². The molecule has 2 amide bonds. The van der Waals surface area contributed by atoms with Crippen LogP contribution in [0.5, 0.6) is 11.5 Å². The molecule has 7 heteroatoms. The first-order valence-corrected chi connectivity index (χ1v) is 6.85. The van der Waals surface area contributed by atoms with Gasteiger partial charge in [-0.25, -0.2) is 0 Å². The van der Waals surface area contributed by atoms with E-state index in [9.17, 15) is 9.59 Å². The van der Waals surface area contributed by atoms with Crippen LogP contribution < -0.4 is 20.1 Å². The van der Waals surface area contributed by atoms with E-state index in [2.05, 4.69) is 10.6 Å². The number of halogens is 1. The molecule has 1 rings (SSSR count). The molecule has 0 aromatic heterocycles. The SMILES string of the molecule is COc1cccc(OC)c1C(=O)NCCNC(=O)C(C)Cl. The zero-order chi connectivity index (χ0) is 15.8. The smallest absolute Gasteiger partial charge is 0.258 e. The molecule has 116 valence electrons. The molecular weight excluding hydrogens is 296 g/mol. The van der Waals surface area contributed by atoms with Gasteiger partial charge in [0.2, 0.25) is 5.91 Å². The Morgan fingerprint density at radius 3 is 2.14 bits per heavy atom. The van der Waals surface area contributed by atoms with Crippen LogP contribution in [0.1, 0.15) is 17.3 Å². The molecular formula is C14H19ClN2O4. The molecule has 2 N–H and O–H groups in total. The van der Waals surface area contributed by atoms with Gasteiger partial charge in [0.15, 0.2) is 0 Å². The maximum absolute atomic E-state index is 12.2. The Labute approximate surface area is 128 Å². The van der Waals surface area contributed by atoms with Gasteiger partial charge in [-0.15, -0.1) is 11.6 Å². The van der Waals surface area contributed by atoms with Crippen molar-refractivity contribution in [2.24, 2.45) is 0 Å². The normalized spacial score (nSPS) is 11.4. The number of hydrogen-bond donors (Lipinski definition) is 2. The Hall–Kier alpha value is -1.95. The molecule has 0 saturated carbocycles. The maximum atomic E-state index is 12.2. The Morgan fingerprint density at radius 2 is 1.67 bits per heavy atom. The van der Waals surface area contributed by atoms with E-state index >= 15 is 0 Å². The third-order valence-electron chi connectivity index (χ3n) is 2.73. The monoisotopic (exact) mass is 314 g/mol. The van der Waals surface area contributed by atoms with E-state index in [-0.39, 0.29) is 18.4 Å². The highest BCUT2D eigenvalue weighted by molar-refractivity contribution is 6.30. The molecule has 0 aliphatic carbocycles. The lowest BCUT2D eigenvalue weighted by molar-refractivity contribution is -0.120. The number of amides is 2. The van der Waals surface area contributed by atoms with Crippen molar-refractivity contribution in [2.45, 2.75) is 12.3 Å². The van der Waals surface area contributed by atoms with Gasteiger partial charge in [-0.1, -0.05) is 6.07 Å². The van der Waals surface area contributed by atoms with Crippen molar-refractivity contribution in [1.29, 1.82) is 0 Å². The van der Waals surface area contributed by atoms with Crippen LogP contribution >= 0.6 is 11.6 Å². The van der Waals surface area contributed by atoms with E-state index < -0.39 is 5.38 Å². The van der Waals surface area contributed by atoms with Gasteiger partial charge in [0, 0.05) is 13.1 Å². The number of methoxy groups -OCH3 is 2. The molecule has 0 fully saturated rings. The zero-order valence-corrected chi connectivity index (χ0v) is 13.0. The molecule has 1 unspecified atom stereocenters. The highest BCUT2D eigenvalue weighted by Gasteiger charge is 2.17. The minimum absolute atomic E-state index is 0.273. The van der Waals surface area contributed by atoms with Crippen LogP contribution in [-0.2, 0) is 4.79 Å². The van der Waals surface area contributed by atoms with Gasteiger partial charge in [0.05, 0.1) is 14.2 Å². The van der Waals surface area contributed by atoms with Crippen molar-refractivity contribution < 1.29 is 19.1 Å². The van der Waals surface area contributed by atoms with E-state index in [0.717, 1.165) is 0 Å². The van der Waals surface area contributed by atoms with Crippen LogP contribution in [0.3, 0.4) is 0 Å². The lowest BCUT2D eigenvalue weighted by Crippen LogP contribution is -2.37. The average molecular weight is 315 g/mol. The molecule has 1 aromatic rings. The predicted octanol–water partition coefficient (Wildman–Crippen LogP) is 1.18. The molecule has 0 heterocycles. The van der Waals surface area contributed by atoms with Crippen LogP contribution in [0.2, 0.25) is 0 Å². The fourth-order valence-corrected chi connectivity index (χ4v) is 1.74. The minimum atomic E-state index is -0.602. The summed E-state index contributed by atoms with van der Waals surface area (Å²) in [5.74, 6) is 0.230. The second-order valence-electron chi connectivity index (χ2n) is 4.20. The molecule has 0 bridgehead atoms. The average Bonchev–Trinajstić information content (AvgIpc) is 2.49. The first kappa shape index (κ1) is 17.1. The molecule has 0 saturated heterocycles. The zero-order valence-electron chi connectivity index (χ0n) is 12.2. The van der Waals surface area contributed by atoms with Gasteiger partial charge in [-0.3, -0.25) is 9.59 Å². The molecule has 21 heavy (non-hydrogen) atoms. The topological polar surface area (TPSA) is 76.7 Å². The summed E-state index contributed by atoms with van der Waals surface area (Å²) < 4.78 is 10.3. The van der Waals surface area contributed by atoms with E-state index in [4.69, 9.17) is 21.1 Å². The number of carbonyl (C=O) groups is 2. The maximum Gasteiger partial charge on any atom is 0.258 e. The van der Waals surface area contributed by atoms with Crippen LogP contribution in [0.4, 0.5) is 0 Å². The summed E-state index contributed by atoms with van der Waals surface area (Å²) in [6.45, 7) is 2.14. The summed E-state index contributed by atoms with van der Waals surface area (Å²) >= 11 is 5.61. The number of ether oxygens (including phenoxy) is 2. The van der Waals surface area contributed by atoms with Crippen molar-refractivity contribution in [3.8, 4) is 11.5 Å². The first-order valence-electron chi connectivity index (χ1n) is 6.42. The fourth-order valence-electron chi connectivity index (χ4n) is 1.67. The Kier molecular flexibility index (Phi) is 6.81. The van der Waals surface area contributed by atoms with Gasteiger partial charge in [-0.05, 0) is 19.1 Å². The molecule has 6 nitrogen and oxygen atoms in total. The number of rotatable bonds is 7. The number of alkyl halides is 1. The van der Waals surface area contributed by atoms with E-state index in [1.165, 1.54) is 14.2 Å². The summed E-state index contributed by atoms with van der Waals surface area (Å²) in [6, 6.07) is 5.08. The molecule has 1 atom stereocenters. The van der Waals surface area contributed by atoms with E-state index in [0.29, 0.717) is 23.6 Å². The first-order chi connectivity index (χ1) is 10.0. The second kappa shape index (κ2) is 8.36. The quantitative estimate of drug-likeness (QED) is 0.585. The number of nitrogens with one attached hydrogen (secondary N) is 2. The van der Waals surface area contributed by atoms with Crippen molar-refractivity contribution in [3.05, 3.63) is 23.8 Å². The highest BCUT2D eigenvalue weighted by Crippen LogP contribution is 2.27. The lowest BCUT2D eigenvalue weighted by atomic mass is 10.1. The highest BCUT2D eigenvalue weighted by atomic mass is 35.5.